The van der Waals surface area contributed by atoms with E-state index in [1.807, 2.05) is 0 Å². The zero-order valence-corrected chi connectivity index (χ0v) is 13.4. The van der Waals surface area contributed by atoms with E-state index in [1.165, 1.54) is 12.1 Å². The molecule has 21 heavy (non-hydrogen) atoms. The van der Waals surface area contributed by atoms with Crippen LogP contribution in [0.25, 0.3) is 0 Å². The Hall–Kier alpha value is -1.03. The van der Waals surface area contributed by atoms with Crippen LogP contribution in [0, 0.1) is 10.1 Å². The molecule has 1 aliphatic rings. The van der Waals surface area contributed by atoms with Crippen LogP contribution in [0.1, 0.15) is 25.7 Å². The smallest absolute Gasteiger partial charge is 0.289 e. The first kappa shape index (κ1) is 16.3. The SMILES string of the molecule is O=[N+]([O-])c1ccc(Br)cc1S(=O)(=O)NC1CCC(O)CC1. The van der Waals surface area contributed by atoms with E-state index in [9.17, 15) is 23.6 Å². The number of hydrogen-bond acceptors (Lipinski definition) is 5. The molecule has 9 heteroatoms. The van der Waals surface area contributed by atoms with Crippen LogP contribution in [0.2, 0.25) is 0 Å². The predicted molar refractivity (Wildman–Crippen MR) is 79.4 cm³/mol. The van der Waals surface area contributed by atoms with Crippen molar-refractivity contribution in [1.29, 1.82) is 0 Å². The molecule has 116 valence electrons. The van der Waals surface area contributed by atoms with Crippen molar-refractivity contribution >= 4 is 31.6 Å². The average Bonchev–Trinajstić information content (AvgIpc) is 2.41. The van der Waals surface area contributed by atoms with Gasteiger partial charge in [-0.2, -0.15) is 0 Å². The number of nitro benzene ring substituents is 1. The Kier molecular flexibility index (Phi) is 4.97. The summed E-state index contributed by atoms with van der Waals surface area (Å²) in [4.78, 5) is 9.91. The van der Waals surface area contributed by atoms with Crippen LogP contribution in [0.3, 0.4) is 0 Å². The number of sulfonamides is 1. The van der Waals surface area contributed by atoms with Crippen molar-refractivity contribution in [3.8, 4) is 0 Å². The van der Waals surface area contributed by atoms with Crippen LogP contribution in [-0.2, 0) is 10.0 Å². The molecule has 0 spiro atoms. The van der Waals surface area contributed by atoms with Crippen molar-refractivity contribution in [2.75, 3.05) is 0 Å². The van der Waals surface area contributed by atoms with E-state index in [2.05, 4.69) is 20.7 Å². The Morgan fingerprint density at radius 1 is 1.29 bits per heavy atom. The normalized spacial score (nSPS) is 23.0. The number of aliphatic hydroxyl groups excluding tert-OH is 1. The lowest BCUT2D eigenvalue weighted by molar-refractivity contribution is -0.387. The highest BCUT2D eigenvalue weighted by molar-refractivity contribution is 9.10. The van der Waals surface area contributed by atoms with Gasteiger partial charge in [0.15, 0.2) is 4.90 Å². The first-order valence-electron chi connectivity index (χ1n) is 6.44. The number of nitro groups is 1. The van der Waals surface area contributed by atoms with E-state index in [0.29, 0.717) is 30.2 Å². The summed E-state index contributed by atoms with van der Waals surface area (Å²) in [5.74, 6) is 0. The topological polar surface area (TPSA) is 110 Å². The molecule has 0 amide bonds. The van der Waals surface area contributed by atoms with E-state index in [-0.39, 0.29) is 10.9 Å². The Morgan fingerprint density at radius 2 is 1.90 bits per heavy atom. The van der Waals surface area contributed by atoms with Gasteiger partial charge >= 0.3 is 0 Å². The molecule has 0 saturated heterocycles. The summed E-state index contributed by atoms with van der Waals surface area (Å²) in [5, 5.41) is 20.4. The summed E-state index contributed by atoms with van der Waals surface area (Å²) in [6, 6.07) is 3.49. The van der Waals surface area contributed by atoms with Crippen molar-refractivity contribution in [3.05, 3.63) is 32.8 Å². The third-order valence-corrected chi connectivity index (χ3v) is 5.47. The predicted octanol–water partition coefficient (Wildman–Crippen LogP) is 1.94. The Balaban J connectivity index is 2.27. The molecule has 0 heterocycles. The van der Waals surface area contributed by atoms with Crippen molar-refractivity contribution in [2.24, 2.45) is 0 Å². The number of halogens is 1. The highest BCUT2D eigenvalue weighted by Gasteiger charge is 2.30. The van der Waals surface area contributed by atoms with Crippen LogP contribution < -0.4 is 4.72 Å². The fourth-order valence-corrected chi connectivity index (χ4v) is 4.34. The minimum absolute atomic E-state index is 0.308. The molecule has 0 atom stereocenters. The first-order chi connectivity index (χ1) is 9.79. The number of aliphatic hydroxyl groups is 1. The maximum Gasteiger partial charge on any atom is 0.289 e. The monoisotopic (exact) mass is 378 g/mol. The number of nitrogens with zero attached hydrogens (tertiary/aromatic N) is 1. The second kappa shape index (κ2) is 6.39. The minimum Gasteiger partial charge on any atom is -0.393 e. The van der Waals surface area contributed by atoms with Gasteiger partial charge in [-0.25, -0.2) is 13.1 Å². The molecule has 1 aromatic rings. The fourth-order valence-electron chi connectivity index (χ4n) is 2.33. The van der Waals surface area contributed by atoms with Gasteiger partial charge in [0.05, 0.1) is 11.0 Å². The third-order valence-electron chi connectivity index (χ3n) is 3.43. The van der Waals surface area contributed by atoms with Crippen molar-refractivity contribution in [1.82, 2.24) is 4.72 Å². The van der Waals surface area contributed by atoms with Gasteiger partial charge in [-0.05, 0) is 37.8 Å². The van der Waals surface area contributed by atoms with Gasteiger partial charge in [-0.1, -0.05) is 15.9 Å². The Morgan fingerprint density at radius 3 is 2.48 bits per heavy atom. The summed E-state index contributed by atoms with van der Waals surface area (Å²) in [6.45, 7) is 0. The third kappa shape index (κ3) is 4.00. The number of nitrogens with one attached hydrogen (secondary N) is 1. The standard InChI is InChI=1S/C12H15BrN2O5S/c13-8-1-6-11(15(17)18)12(7-8)21(19,20)14-9-2-4-10(16)5-3-9/h1,6-7,9-10,14,16H,2-5H2. The lowest BCUT2D eigenvalue weighted by Crippen LogP contribution is -2.38. The highest BCUT2D eigenvalue weighted by atomic mass is 79.9. The molecule has 0 bridgehead atoms. The Bertz CT molecular complexity index is 641. The zero-order valence-electron chi connectivity index (χ0n) is 11.0. The summed E-state index contributed by atoms with van der Waals surface area (Å²) in [6.07, 6.45) is 1.68. The van der Waals surface area contributed by atoms with E-state index in [1.54, 1.807) is 0 Å². The molecule has 7 nitrogen and oxygen atoms in total. The van der Waals surface area contributed by atoms with Crippen LogP contribution in [0.5, 0.6) is 0 Å². The lowest BCUT2D eigenvalue weighted by Gasteiger charge is -2.25. The average molecular weight is 379 g/mol. The van der Waals surface area contributed by atoms with Gasteiger partial charge in [0.1, 0.15) is 0 Å². The van der Waals surface area contributed by atoms with Crippen LogP contribution in [-0.4, -0.2) is 30.6 Å². The van der Waals surface area contributed by atoms with E-state index >= 15 is 0 Å². The molecular formula is C12H15BrN2O5S. The molecule has 1 aliphatic carbocycles. The minimum atomic E-state index is -3.98. The summed E-state index contributed by atoms with van der Waals surface area (Å²) >= 11 is 3.12. The molecule has 0 aliphatic heterocycles. The van der Waals surface area contributed by atoms with Crippen molar-refractivity contribution < 1.29 is 18.4 Å². The summed E-state index contributed by atoms with van der Waals surface area (Å²) in [7, 11) is -3.98. The largest absolute Gasteiger partial charge is 0.393 e. The van der Waals surface area contributed by atoms with E-state index < -0.39 is 26.7 Å². The number of benzene rings is 1. The molecule has 0 radical (unpaired) electrons. The highest BCUT2D eigenvalue weighted by Crippen LogP contribution is 2.28. The molecule has 1 saturated carbocycles. The van der Waals surface area contributed by atoms with E-state index in [4.69, 9.17) is 0 Å². The van der Waals surface area contributed by atoms with Crippen molar-refractivity contribution in [3.63, 3.8) is 0 Å². The fraction of sp³-hybridized carbons (Fsp3) is 0.500. The maximum atomic E-state index is 12.4. The lowest BCUT2D eigenvalue weighted by atomic mass is 9.94. The van der Waals surface area contributed by atoms with Gasteiger partial charge in [0.25, 0.3) is 5.69 Å². The summed E-state index contributed by atoms with van der Waals surface area (Å²) < 4.78 is 27.7. The molecule has 1 fully saturated rings. The van der Waals surface area contributed by atoms with Gasteiger partial charge < -0.3 is 5.11 Å². The molecule has 0 aromatic heterocycles. The number of rotatable bonds is 4. The van der Waals surface area contributed by atoms with Gasteiger partial charge in [0.2, 0.25) is 10.0 Å². The van der Waals surface area contributed by atoms with E-state index in [0.717, 1.165) is 6.07 Å². The zero-order chi connectivity index (χ0) is 15.6. The van der Waals surface area contributed by atoms with Crippen LogP contribution >= 0.6 is 15.9 Å². The molecule has 1 aromatic carbocycles. The maximum absolute atomic E-state index is 12.4. The van der Waals surface area contributed by atoms with Gasteiger partial charge in [0, 0.05) is 16.6 Å². The molecule has 2 rings (SSSR count). The van der Waals surface area contributed by atoms with Crippen molar-refractivity contribution in [2.45, 2.75) is 42.7 Å². The van der Waals surface area contributed by atoms with Crippen LogP contribution in [0.4, 0.5) is 5.69 Å². The number of hydrogen-bond donors (Lipinski definition) is 2. The second-order valence-corrected chi connectivity index (χ2v) is 7.59. The van der Waals surface area contributed by atoms with Gasteiger partial charge in [-0.3, -0.25) is 10.1 Å². The van der Waals surface area contributed by atoms with Crippen LogP contribution in [0.15, 0.2) is 27.6 Å². The molecule has 0 unspecified atom stereocenters. The summed E-state index contributed by atoms with van der Waals surface area (Å²) in [5.41, 5.74) is -0.457. The van der Waals surface area contributed by atoms with Gasteiger partial charge in [-0.15, -0.1) is 0 Å². The second-order valence-electron chi connectivity index (χ2n) is 5.00. The first-order valence-corrected chi connectivity index (χ1v) is 8.71. The molecule has 2 N–H and O–H groups in total. The quantitative estimate of drug-likeness (QED) is 0.614. The molecular weight excluding hydrogens is 364 g/mol. The Labute approximate surface area is 130 Å².